The number of benzene rings is 1. The van der Waals surface area contributed by atoms with Crippen molar-refractivity contribution in [3.8, 4) is 12.3 Å². The van der Waals surface area contributed by atoms with E-state index in [1.807, 2.05) is 0 Å². The smallest absolute Gasteiger partial charge is 0.285 e. The average Bonchev–Trinajstić information content (AvgIpc) is 2.37. The minimum Gasteiger partial charge on any atom is -0.371 e. The van der Waals surface area contributed by atoms with Gasteiger partial charge in [-0.3, -0.25) is 10.1 Å². The van der Waals surface area contributed by atoms with Crippen molar-refractivity contribution in [1.82, 2.24) is 0 Å². The summed E-state index contributed by atoms with van der Waals surface area (Å²) in [4.78, 5) is 12.0. The van der Waals surface area contributed by atoms with E-state index < -0.39 is 10.8 Å². The zero-order valence-corrected chi connectivity index (χ0v) is 10.1. The average molecular weight is 266 g/mol. The van der Waals surface area contributed by atoms with E-state index in [1.54, 1.807) is 11.0 Å². The van der Waals surface area contributed by atoms with Gasteiger partial charge in [0.15, 0.2) is 0 Å². The monoisotopic (exact) mass is 266 g/mol. The van der Waals surface area contributed by atoms with E-state index in [4.69, 9.17) is 6.42 Å². The Kier molecular flexibility index (Phi) is 3.38. The van der Waals surface area contributed by atoms with Crippen molar-refractivity contribution in [3.05, 3.63) is 33.9 Å². The third-order valence-corrected chi connectivity index (χ3v) is 3.19. The number of nitro benzene ring substituents is 1. The lowest BCUT2D eigenvalue weighted by Gasteiger charge is -2.33. The topological polar surface area (TPSA) is 46.4 Å². The summed E-state index contributed by atoms with van der Waals surface area (Å²) >= 11 is 0. The molecule has 6 heteroatoms. The summed E-state index contributed by atoms with van der Waals surface area (Å²) in [5, 5.41) is 10.8. The molecule has 1 fully saturated rings. The molecule has 0 unspecified atom stereocenters. The predicted octanol–water partition coefficient (Wildman–Crippen LogP) is 2.81. The lowest BCUT2D eigenvalue weighted by atomic mass is 10.0. The van der Waals surface area contributed by atoms with Crippen LogP contribution in [0.15, 0.2) is 18.2 Å². The van der Waals surface area contributed by atoms with Crippen molar-refractivity contribution in [1.29, 1.82) is 0 Å². The van der Waals surface area contributed by atoms with Gasteiger partial charge in [0.1, 0.15) is 5.56 Å². The molecule has 1 aromatic carbocycles. The number of terminal acetylenes is 1. The molecule has 1 heterocycles. The fourth-order valence-electron chi connectivity index (χ4n) is 2.09. The van der Waals surface area contributed by atoms with Gasteiger partial charge in [-0.05, 0) is 12.1 Å². The van der Waals surface area contributed by atoms with Crippen LogP contribution in [0.25, 0.3) is 0 Å². The van der Waals surface area contributed by atoms with Crippen LogP contribution in [0.1, 0.15) is 18.4 Å². The number of piperidine rings is 1. The molecule has 0 N–H and O–H groups in total. The SMILES string of the molecule is C#Cc1cc(N2CCC(F)(F)CC2)ccc1[N+](=O)[O-]. The quantitative estimate of drug-likeness (QED) is 0.470. The number of nitrogens with zero attached hydrogens (tertiary/aromatic N) is 2. The molecule has 0 aromatic heterocycles. The number of anilines is 1. The van der Waals surface area contributed by atoms with Crippen LogP contribution in [0, 0.1) is 22.5 Å². The Labute approximate surface area is 109 Å². The zero-order valence-electron chi connectivity index (χ0n) is 10.1. The summed E-state index contributed by atoms with van der Waals surface area (Å²) in [5.41, 5.74) is 0.669. The minimum absolute atomic E-state index is 0.145. The van der Waals surface area contributed by atoms with Gasteiger partial charge in [0, 0.05) is 37.7 Å². The highest BCUT2D eigenvalue weighted by Gasteiger charge is 2.34. The molecule has 1 aliphatic heterocycles. The molecule has 0 radical (unpaired) electrons. The number of nitro groups is 1. The van der Waals surface area contributed by atoms with Gasteiger partial charge in [0.25, 0.3) is 11.6 Å². The van der Waals surface area contributed by atoms with Gasteiger partial charge < -0.3 is 4.90 Å². The molecule has 1 aromatic rings. The standard InChI is InChI=1S/C13H12F2N2O2/c1-2-10-9-11(3-4-12(10)17(18)19)16-7-5-13(14,15)6-8-16/h1,3-4,9H,5-8H2. The summed E-state index contributed by atoms with van der Waals surface area (Å²) in [7, 11) is 0. The zero-order chi connectivity index (χ0) is 14.0. The first kappa shape index (κ1) is 13.3. The predicted molar refractivity (Wildman–Crippen MR) is 67.4 cm³/mol. The molecule has 19 heavy (non-hydrogen) atoms. The Bertz CT molecular complexity index is 542. The molecule has 0 aliphatic carbocycles. The molecule has 0 atom stereocenters. The van der Waals surface area contributed by atoms with Crippen LogP contribution >= 0.6 is 0 Å². The van der Waals surface area contributed by atoms with E-state index in [-0.39, 0.29) is 37.2 Å². The van der Waals surface area contributed by atoms with E-state index in [1.165, 1.54) is 12.1 Å². The molecule has 0 spiro atoms. The first-order chi connectivity index (χ1) is 8.93. The Balaban J connectivity index is 2.23. The summed E-state index contributed by atoms with van der Waals surface area (Å²) in [6.07, 6.45) is 4.81. The van der Waals surface area contributed by atoms with Crippen molar-refractivity contribution < 1.29 is 13.7 Å². The Hall–Kier alpha value is -2.16. The molecule has 0 saturated carbocycles. The Morgan fingerprint density at radius 2 is 2.00 bits per heavy atom. The maximum absolute atomic E-state index is 13.1. The Morgan fingerprint density at radius 1 is 1.37 bits per heavy atom. The normalized spacial score (nSPS) is 17.8. The molecular weight excluding hydrogens is 254 g/mol. The van der Waals surface area contributed by atoms with Crippen LogP contribution in [0.3, 0.4) is 0 Å². The second-order valence-corrected chi connectivity index (χ2v) is 4.45. The van der Waals surface area contributed by atoms with E-state index in [9.17, 15) is 18.9 Å². The first-order valence-electron chi connectivity index (χ1n) is 5.81. The Morgan fingerprint density at radius 3 is 2.53 bits per heavy atom. The van der Waals surface area contributed by atoms with Crippen molar-refractivity contribution in [2.45, 2.75) is 18.8 Å². The number of hydrogen-bond acceptors (Lipinski definition) is 3. The largest absolute Gasteiger partial charge is 0.371 e. The highest BCUT2D eigenvalue weighted by Crippen LogP contribution is 2.32. The van der Waals surface area contributed by atoms with Crippen LogP contribution < -0.4 is 4.90 Å². The van der Waals surface area contributed by atoms with Gasteiger partial charge in [-0.15, -0.1) is 6.42 Å². The summed E-state index contributed by atoms with van der Waals surface area (Å²) in [6, 6.07) is 4.36. The van der Waals surface area contributed by atoms with Crippen molar-refractivity contribution in [2.75, 3.05) is 18.0 Å². The maximum atomic E-state index is 13.1. The van der Waals surface area contributed by atoms with Gasteiger partial charge in [-0.25, -0.2) is 8.78 Å². The molecular formula is C13H12F2N2O2. The van der Waals surface area contributed by atoms with Gasteiger partial charge in [-0.1, -0.05) is 5.92 Å². The molecule has 1 aliphatic rings. The van der Waals surface area contributed by atoms with E-state index >= 15 is 0 Å². The number of hydrogen-bond donors (Lipinski definition) is 0. The third-order valence-electron chi connectivity index (χ3n) is 3.19. The van der Waals surface area contributed by atoms with Crippen LogP contribution in [-0.2, 0) is 0 Å². The van der Waals surface area contributed by atoms with Gasteiger partial charge >= 0.3 is 0 Å². The van der Waals surface area contributed by atoms with Crippen LogP contribution in [0.4, 0.5) is 20.2 Å². The molecule has 100 valence electrons. The van der Waals surface area contributed by atoms with Gasteiger partial charge in [0.2, 0.25) is 0 Å². The highest BCUT2D eigenvalue weighted by molar-refractivity contribution is 5.60. The maximum Gasteiger partial charge on any atom is 0.285 e. The van der Waals surface area contributed by atoms with Crippen LogP contribution in [-0.4, -0.2) is 23.9 Å². The molecule has 2 rings (SSSR count). The highest BCUT2D eigenvalue weighted by atomic mass is 19.3. The second kappa shape index (κ2) is 4.84. The molecule has 0 bridgehead atoms. The lowest BCUT2D eigenvalue weighted by molar-refractivity contribution is -0.385. The fraction of sp³-hybridized carbons (Fsp3) is 0.385. The fourth-order valence-corrected chi connectivity index (χ4v) is 2.09. The van der Waals surface area contributed by atoms with Crippen molar-refractivity contribution in [3.63, 3.8) is 0 Å². The molecule has 1 saturated heterocycles. The summed E-state index contributed by atoms with van der Waals surface area (Å²) in [5.74, 6) is -0.363. The lowest BCUT2D eigenvalue weighted by Crippen LogP contribution is -2.39. The number of rotatable bonds is 2. The first-order valence-corrected chi connectivity index (χ1v) is 5.81. The van der Waals surface area contributed by atoms with Crippen molar-refractivity contribution >= 4 is 11.4 Å². The van der Waals surface area contributed by atoms with Gasteiger partial charge in [-0.2, -0.15) is 0 Å². The molecule has 4 nitrogen and oxygen atoms in total. The van der Waals surface area contributed by atoms with E-state index in [2.05, 4.69) is 5.92 Å². The van der Waals surface area contributed by atoms with Gasteiger partial charge in [0.05, 0.1) is 4.92 Å². The summed E-state index contributed by atoms with van der Waals surface area (Å²) in [6.45, 7) is 0.434. The number of halogens is 2. The number of alkyl halides is 2. The van der Waals surface area contributed by atoms with Crippen LogP contribution in [0.5, 0.6) is 0 Å². The summed E-state index contributed by atoms with van der Waals surface area (Å²) < 4.78 is 26.1. The van der Waals surface area contributed by atoms with Crippen molar-refractivity contribution in [2.24, 2.45) is 0 Å². The minimum atomic E-state index is -2.62. The van der Waals surface area contributed by atoms with Crippen LogP contribution in [0.2, 0.25) is 0 Å². The second-order valence-electron chi connectivity index (χ2n) is 4.45. The van der Waals surface area contributed by atoms with E-state index in [0.29, 0.717) is 5.69 Å². The molecule has 0 amide bonds. The van der Waals surface area contributed by atoms with E-state index in [0.717, 1.165) is 0 Å². The third kappa shape index (κ3) is 2.81.